The second-order valence-corrected chi connectivity index (χ2v) is 6.68. The Morgan fingerprint density at radius 1 is 1.26 bits per heavy atom. The SMILES string of the molecule is CO[C@@H]1C(O)C(OC(N)=O)C(Oc2cccc3ccc(=O)oc23)OC1(C)C. The zero-order chi connectivity index (χ0) is 19.8. The molecule has 1 aliphatic heterocycles. The van der Waals surface area contributed by atoms with Gasteiger partial charge in [0.15, 0.2) is 17.4 Å². The molecule has 0 bridgehead atoms. The molecule has 1 aromatic heterocycles. The van der Waals surface area contributed by atoms with Crippen molar-refractivity contribution in [2.75, 3.05) is 7.11 Å². The minimum Gasteiger partial charge on any atom is -0.457 e. The number of aliphatic hydroxyl groups excluding tert-OH is 1. The molecule has 3 rings (SSSR count). The Labute approximate surface area is 154 Å². The molecule has 1 saturated heterocycles. The van der Waals surface area contributed by atoms with Gasteiger partial charge in [0.25, 0.3) is 0 Å². The fraction of sp³-hybridized carbons (Fsp3) is 0.444. The van der Waals surface area contributed by atoms with Crippen LogP contribution in [0.3, 0.4) is 0 Å². The number of carbonyl (C=O) groups excluding carboxylic acids is 1. The van der Waals surface area contributed by atoms with Gasteiger partial charge in [-0.2, -0.15) is 0 Å². The molecule has 0 spiro atoms. The van der Waals surface area contributed by atoms with Crippen LogP contribution in [0.15, 0.2) is 39.5 Å². The number of amides is 1. The Morgan fingerprint density at radius 3 is 2.67 bits per heavy atom. The first-order valence-electron chi connectivity index (χ1n) is 8.27. The molecule has 9 heteroatoms. The van der Waals surface area contributed by atoms with Crippen molar-refractivity contribution < 1.29 is 33.3 Å². The van der Waals surface area contributed by atoms with Gasteiger partial charge in [-0.15, -0.1) is 0 Å². The largest absolute Gasteiger partial charge is 0.457 e. The van der Waals surface area contributed by atoms with Gasteiger partial charge in [0.2, 0.25) is 6.29 Å². The van der Waals surface area contributed by atoms with E-state index in [0.717, 1.165) is 0 Å². The molecular weight excluding hydrogens is 358 g/mol. The smallest absolute Gasteiger partial charge is 0.405 e. The summed E-state index contributed by atoms with van der Waals surface area (Å²) in [5.74, 6) is 0.187. The third kappa shape index (κ3) is 3.75. The number of benzene rings is 1. The van der Waals surface area contributed by atoms with Crippen molar-refractivity contribution >= 4 is 17.1 Å². The van der Waals surface area contributed by atoms with Gasteiger partial charge in [-0.05, 0) is 26.0 Å². The summed E-state index contributed by atoms with van der Waals surface area (Å²) in [7, 11) is 1.40. The van der Waals surface area contributed by atoms with E-state index in [2.05, 4.69) is 0 Å². The van der Waals surface area contributed by atoms with Crippen LogP contribution in [0.2, 0.25) is 0 Å². The first-order chi connectivity index (χ1) is 12.7. The predicted octanol–water partition coefficient (Wildman–Crippen LogP) is 1.15. The van der Waals surface area contributed by atoms with E-state index in [1.54, 1.807) is 38.1 Å². The van der Waals surface area contributed by atoms with Crippen LogP contribution >= 0.6 is 0 Å². The summed E-state index contributed by atoms with van der Waals surface area (Å²) in [6.07, 6.45) is -5.64. The molecule has 2 aromatic rings. The minimum absolute atomic E-state index is 0.187. The highest BCUT2D eigenvalue weighted by molar-refractivity contribution is 5.82. The molecule has 146 valence electrons. The highest BCUT2D eigenvalue weighted by Crippen LogP contribution is 2.35. The van der Waals surface area contributed by atoms with Gasteiger partial charge >= 0.3 is 11.7 Å². The molecule has 2 heterocycles. The predicted molar refractivity (Wildman–Crippen MR) is 93.3 cm³/mol. The highest BCUT2D eigenvalue weighted by Gasteiger charge is 2.53. The molecular formula is C18H21NO8. The molecule has 4 atom stereocenters. The summed E-state index contributed by atoms with van der Waals surface area (Å²) in [6.45, 7) is 3.40. The first-order valence-corrected chi connectivity index (χ1v) is 8.27. The topological polar surface area (TPSA) is 130 Å². The molecule has 0 saturated carbocycles. The lowest BCUT2D eigenvalue weighted by molar-refractivity contribution is -0.304. The molecule has 0 radical (unpaired) electrons. The molecule has 1 fully saturated rings. The van der Waals surface area contributed by atoms with Crippen molar-refractivity contribution in [1.29, 1.82) is 0 Å². The van der Waals surface area contributed by atoms with Crippen LogP contribution < -0.4 is 16.1 Å². The summed E-state index contributed by atoms with van der Waals surface area (Å²) >= 11 is 0. The van der Waals surface area contributed by atoms with Gasteiger partial charge in [-0.1, -0.05) is 12.1 Å². The number of carbonyl (C=O) groups is 1. The van der Waals surface area contributed by atoms with E-state index in [1.165, 1.54) is 13.2 Å². The van der Waals surface area contributed by atoms with Crippen molar-refractivity contribution in [1.82, 2.24) is 0 Å². The average Bonchev–Trinajstić information content (AvgIpc) is 2.58. The van der Waals surface area contributed by atoms with Crippen LogP contribution in [0.5, 0.6) is 5.75 Å². The van der Waals surface area contributed by atoms with Crippen LogP contribution in [-0.4, -0.2) is 48.5 Å². The van der Waals surface area contributed by atoms with Gasteiger partial charge in [0, 0.05) is 18.6 Å². The van der Waals surface area contributed by atoms with Gasteiger partial charge in [0.05, 0.1) is 5.60 Å². The first kappa shape index (κ1) is 19.2. The Kier molecular flexibility index (Phi) is 5.09. The summed E-state index contributed by atoms with van der Waals surface area (Å²) in [5, 5.41) is 11.3. The van der Waals surface area contributed by atoms with Crippen molar-refractivity contribution in [3.63, 3.8) is 0 Å². The van der Waals surface area contributed by atoms with Crippen molar-refractivity contribution in [3.05, 3.63) is 40.8 Å². The van der Waals surface area contributed by atoms with E-state index in [0.29, 0.717) is 5.39 Å². The molecule has 27 heavy (non-hydrogen) atoms. The number of hydrogen-bond acceptors (Lipinski definition) is 8. The fourth-order valence-electron chi connectivity index (χ4n) is 3.24. The quantitative estimate of drug-likeness (QED) is 0.757. The number of rotatable bonds is 4. The van der Waals surface area contributed by atoms with E-state index in [4.69, 9.17) is 29.1 Å². The Morgan fingerprint density at radius 2 is 2.00 bits per heavy atom. The fourth-order valence-corrected chi connectivity index (χ4v) is 3.24. The normalized spacial score (nSPS) is 27.3. The molecule has 1 aliphatic rings. The third-order valence-electron chi connectivity index (χ3n) is 4.38. The second-order valence-electron chi connectivity index (χ2n) is 6.68. The molecule has 9 nitrogen and oxygen atoms in total. The van der Waals surface area contributed by atoms with Gasteiger partial charge in [-0.25, -0.2) is 9.59 Å². The van der Waals surface area contributed by atoms with E-state index in [1.807, 2.05) is 0 Å². The maximum Gasteiger partial charge on any atom is 0.405 e. The summed E-state index contributed by atoms with van der Waals surface area (Å²) < 4.78 is 27.2. The maximum atomic E-state index is 11.6. The molecule has 1 amide bonds. The lowest BCUT2D eigenvalue weighted by Gasteiger charge is -2.47. The van der Waals surface area contributed by atoms with Crippen LogP contribution in [0.25, 0.3) is 11.0 Å². The van der Waals surface area contributed by atoms with E-state index in [9.17, 15) is 14.7 Å². The van der Waals surface area contributed by atoms with Crippen LogP contribution in [0, 0.1) is 0 Å². The van der Waals surface area contributed by atoms with Crippen molar-refractivity contribution in [2.24, 2.45) is 5.73 Å². The maximum absolute atomic E-state index is 11.6. The molecule has 3 N–H and O–H groups in total. The second kappa shape index (κ2) is 7.18. The number of methoxy groups -OCH3 is 1. The molecule has 3 unspecified atom stereocenters. The third-order valence-corrected chi connectivity index (χ3v) is 4.38. The van der Waals surface area contributed by atoms with E-state index >= 15 is 0 Å². The summed E-state index contributed by atoms with van der Waals surface area (Å²) in [6, 6.07) is 7.89. The minimum atomic E-state index is -1.27. The lowest BCUT2D eigenvalue weighted by Crippen LogP contribution is -2.65. The van der Waals surface area contributed by atoms with Crippen molar-refractivity contribution in [2.45, 2.75) is 44.1 Å². The lowest BCUT2D eigenvalue weighted by atomic mass is 9.89. The summed E-state index contributed by atoms with van der Waals surface area (Å²) in [4.78, 5) is 22.9. The number of hydrogen-bond donors (Lipinski definition) is 2. The number of ether oxygens (including phenoxy) is 4. The van der Waals surface area contributed by atoms with E-state index < -0.39 is 41.9 Å². The van der Waals surface area contributed by atoms with Crippen LogP contribution in [-0.2, 0) is 14.2 Å². The zero-order valence-corrected chi connectivity index (χ0v) is 15.1. The van der Waals surface area contributed by atoms with Gasteiger partial charge < -0.3 is 34.2 Å². The molecule has 0 aliphatic carbocycles. The van der Waals surface area contributed by atoms with Crippen molar-refractivity contribution in [3.8, 4) is 5.75 Å². The number of fused-ring (bicyclic) bond motifs is 1. The Balaban J connectivity index is 1.99. The number of nitrogens with two attached hydrogens (primary N) is 1. The van der Waals surface area contributed by atoms with E-state index in [-0.39, 0.29) is 11.3 Å². The van der Waals surface area contributed by atoms with Crippen LogP contribution in [0.1, 0.15) is 13.8 Å². The van der Waals surface area contributed by atoms with Gasteiger partial charge in [0.1, 0.15) is 12.2 Å². The number of aliphatic hydroxyl groups is 1. The number of para-hydroxylation sites is 1. The average molecular weight is 379 g/mol. The highest BCUT2D eigenvalue weighted by atomic mass is 16.7. The van der Waals surface area contributed by atoms with Crippen LogP contribution in [0.4, 0.5) is 4.79 Å². The summed E-state index contributed by atoms with van der Waals surface area (Å²) in [5.41, 5.74) is 3.80. The Hall–Kier alpha value is -2.62. The molecule has 1 aromatic carbocycles. The Bertz CT molecular complexity index is 892. The monoisotopic (exact) mass is 379 g/mol. The number of primary amides is 1. The van der Waals surface area contributed by atoms with Gasteiger partial charge in [-0.3, -0.25) is 0 Å². The zero-order valence-electron chi connectivity index (χ0n) is 15.1. The standard InChI is InChI=1S/C18H21NO8/c1-18(2)15(23-3)12(21)14(26-17(19)22)16(27-18)24-10-6-4-5-9-7-8-11(20)25-13(9)10/h4-8,12,14-16,21H,1-3H3,(H2,19,22)/t12?,14?,15-,16?/m1/s1.